The third-order valence-corrected chi connectivity index (χ3v) is 3.30. The fraction of sp³-hybridized carbons (Fsp3) is 0.667. The first-order valence-electron chi connectivity index (χ1n) is 5.93. The second-order valence-corrected chi connectivity index (χ2v) is 4.26. The van der Waals surface area contributed by atoms with Crippen LogP contribution in [0.3, 0.4) is 0 Å². The standard InChI is InChI=1S/C12H19N3O/c1-3-9-4-5-13-10(8-9)11-12(16-2)15-7-6-14-11/h6-7,9-10,13H,3-5,8H2,1-2H3. The summed E-state index contributed by atoms with van der Waals surface area (Å²) in [5.41, 5.74) is 0.947. The van der Waals surface area contributed by atoms with E-state index >= 15 is 0 Å². The summed E-state index contributed by atoms with van der Waals surface area (Å²) in [6.07, 6.45) is 7.03. The third kappa shape index (κ3) is 2.32. The lowest BCUT2D eigenvalue weighted by Gasteiger charge is -2.29. The molecule has 2 atom stereocenters. The van der Waals surface area contributed by atoms with Crippen LogP contribution in [0.15, 0.2) is 12.4 Å². The van der Waals surface area contributed by atoms with Gasteiger partial charge in [-0.1, -0.05) is 13.3 Å². The predicted octanol–water partition coefficient (Wildman–Crippen LogP) is 1.94. The summed E-state index contributed by atoms with van der Waals surface area (Å²) in [5, 5.41) is 3.49. The Morgan fingerprint density at radius 1 is 1.44 bits per heavy atom. The molecule has 4 heteroatoms. The summed E-state index contributed by atoms with van der Waals surface area (Å²) in [6.45, 7) is 3.31. The van der Waals surface area contributed by atoms with Gasteiger partial charge in [0.2, 0.25) is 5.88 Å². The molecule has 1 saturated heterocycles. The van der Waals surface area contributed by atoms with Crippen LogP contribution in [-0.2, 0) is 0 Å². The Morgan fingerprint density at radius 3 is 3.00 bits per heavy atom. The monoisotopic (exact) mass is 221 g/mol. The van der Waals surface area contributed by atoms with E-state index in [9.17, 15) is 0 Å². The van der Waals surface area contributed by atoms with Gasteiger partial charge in [0, 0.05) is 12.4 Å². The van der Waals surface area contributed by atoms with Crippen LogP contribution in [0.4, 0.5) is 0 Å². The van der Waals surface area contributed by atoms with Gasteiger partial charge < -0.3 is 10.1 Å². The average molecular weight is 221 g/mol. The fourth-order valence-corrected chi connectivity index (χ4v) is 2.31. The Morgan fingerprint density at radius 2 is 2.25 bits per heavy atom. The molecule has 0 spiro atoms. The van der Waals surface area contributed by atoms with Crippen LogP contribution >= 0.6 is 0 Å². The maximum Gasteiger partial charge on any atom is 0.236 e. The van der Waals surface area contributed by atoms with Crippen molar-refractivity contribution < 1.29 is 4.74 Å². The van der Waals surface area contributed by atoms with Crippen molar-refractivity contribution in [2.45, 2.75) is 32.2 Å². The van der Waals surface area contributed by atoms with Crippen LogP contribution in [0, 0.1) is 5.92 Å². The molecule has 0 aliphatic carbocycles. The van der Waals surface area contributed by atoms with E-state index < -0.39 is 0 Å². The Balaban J connectivity index is 2.16. The van der Waals surface area contributed by atoms with E-state index in [1.54, 1.807) is 19.5 Å². The van der Waals surface area contributed by atoms with E-state index in [1.807, 2.05) is 0 Å². The average Bonchev–Trinajstić information content (AvgIpc) is 2.38. The van der Waals surface area contributed by atoms with Gasteiger partial charge in [-0.25, -0.2) is 4.98 Å². The molecule has 0 amide bonds. The van der Waals surface area contributed by atoms with Gasteiger partial charge in [-0.3, -0.25) is 4.98 Å². The zero-order valence-corrected chi connectivity index (χ0v) is 9.94. The number of aromatic nitrogens is 2. The van der Waals surface area contributed by atoms with Crippen molar-refractivity contribution in [2.75, 3.05) is 13.7 Å². The van der Waals surface area contributed by atoms with Crippen LogP contribution in [-0.4, -0.2) is 23.6 Å². The Bertz CT molecular complexity index is 343. The number of ether oxygens (including phenoxy) is 1. The number of rotatable bonds is 3. The first-order valence-corrected chi connectivity index (χ1v) is 5.93. The SMILES string of the molecule is CCC1CCNC(c2nccnc2OC)C1. The van der Waals surface area contributed by atoms with Crippen LogP contribution in [0.5, 0.6) is 5.88 Å². The van der Waals surface area contributed by atoms with Gasteiger partial charge in [-0.15, -0.1) is 0 Å². The molecular formula is C12H19N3O. The summed E-state index contributed by atoms with van der Waals surface area (Å²) in [7, 11) is 1.65. The van der Waals surface area contributed by atoms with Gasteiger partial charge in [0.1, 0.15) is 5.69 Å². The van der Waals surface area contributed by atoms with Gasteiger partial charge in [-0.05, 0) is 25.3 Å². The van der Waals surface area contributed by atoms with Crippen molar-refractivity contribution in [2.24, 2.45) is 5.92 Å². The molecule has 0 saturated carbocycles. The molecule has 1 N–H and O–H groups in total. The number of nitrogens with one attached hydrogen (secondary N) is 1. The normalized spacial score (nSPS) is 25.4. The van der Waals surface area contributed by atoms with Crippen molar-refractivity contribution >= 4 is 0 Å². The minimum Gasteiger partial charge on any atom is -0.480 e. The van der Waals surface area contributed by atoms with Crippen LogP contribution < -0.4 is 10.1 Å². The number of hydrogen-bond donors (Lipinski definition) is 1. The molecule has 1 aromatic heterocycles. The van der Waals surface area contributed by atoms with E-state index in [0.29, 0.717) is 11.9 Å². The lowest BCUT2D eigenvalue weighted by Crippen LogP contribution is -2.32. The molecule has 16 heavy (non-hydrogen) atoms. The van der Waals surface area contributed by atoms with Gasteiger partial charge in [0.25, 0.3) is 0 Å². The number of hydrogen-bond acceptors (Lipinski definition) is 4. The van der Waals surface area contributed by atoms with Crippen LogP contribution in [0.1, 0.15) is 37.9 Å². The molecular weight excluding hydrogens is 202 g/mol. The number of nitrogens with zero attached hydrogens (tertiary/aromatic N) is 2. The summed E-state index contributed by atoms with van der Waals surface area (Å²) in [5.74, 6) is 1.44. The highest BCUT2D eigenvalue weighted by molar-refractivity contribution is 5.21. The number of methoxy groups -OCH3 is 1. The topological polar surface area (TPSA) is 47.0 Å². The maximum absolute atomic E-state index is 5.25. The second-order valence-electron chi connectivity index (χ2n) is 4.26. The first kappa shape index (κ1) is 11.3. The van der Waals surface area contributed by atoms with Gasteiger partial charge in [-0.2, -0.15) is 0 Å². The Hall–Kier alpha value is -1.16. The molecule has 1 aromatic rings. The van der Waals surface area contributed by atoms with Crippen LogP contribution in [0.25, 0.3) is 0 Å². The van der Waals surface area contributed by atoms with Crippen molar-refractivity contribution in [3.05, 3.63) is 18.1 Å². The van der Waals surface area contributed by atoms with E-state index in [2.05, 4.69) is 22.2 Å². The van der Waals surface area contributed by atoms with E-state index in [0.717, 1.165) is 24.6 Å². The quantitative estimate of drug-likeness (QED) is 0.847. The summed E-state index contributed by atoms with van der Waals surface area (Å²) >= 11 is 0. The van der Waals surface area contributed by atoms with Gasteiger partial charge in [0.05, 0.1) is 13.2 Å². The molecule has 1 fully saturated rings. The predicted molar refractivity (Wildman–Crippen MR) is 62.3 cm³/mol. The summed E-state index contributed by atoms with van der Waals surface area (Å²) in [4.78, 5) is 8.59. The lowest BCUT2D eigenvalue weighted by atomic mass is 9.89. The summed E-state index contributed by atoms with van der Waals surface area (Å²) in [6, 6.07) is 0.294. The van der Waals surface area contributed by atoms with Crippen molar-refractivity contribution in [1.82, 2.24) is 15.3 Å². The zero-order chi connectivity index (χ0) is 11.4. The third-order valence-electron chi connectivity index (χ3n) is 3.30. The Kier molecular flexibility index (Phi) is 3.72. The smallest absolute Gasteiger partial charge is 0.236 e. The highest BCUT2D eigenvalue weighted by Crippen LogP contribution is 2.31. The largest absolute Gasteiger partial charge is 0.480 e. The molecule has 1 aliphatic rings. The highest BCUT2D eigenvalue weighted by Gasteiger charge is 2.25. The lowest BCUT2D eigenvalue weighted by molar-refractivity contribution is 0.285. The minimum atomic E-state index is 0.294. The molecule has 4 nitrogen and oxygen atoms in total. The molecule has 0 radical (unpaired) electrons. The van der Waals surface area contributed by atoms with Crippen molar-refractivity contribution in [3.63, 3.8) is 0 Å². The van der Waals surface area contributed by atoms with E-state index in [4.69, 9.17) is 4.74 Å². The maximum atomic E-state index is 5.25. The molecule has 88 valence electrons. The van der Waals surface area contributed by atoms with Crippen molar-refractivity contribution in [3.8, 4) is 5.88 Å². The fourth-order valence-electron chi connectivity index (χ4n) is 2.31. The molecule has 2 unspecified atom stereocenters. The Labute approximate surface area is 96.4 Å². The van der Waals surface area contributed by atoms with Gasteiger partial charge in [0.15, 0.2) is 0 Å². The molecule has 2 rings (SSSR count). The highest BCUT2D eigenvalue weighted by atomic mass is 16.5. The first-order chi connectivity index (χ1) is 7.85. The zero-order valence-electron chi connectivity index (χ0n) is 9.94. The molecule has 0 bridgehead atoms. The molecule has 1 aliphatic heterocycles. The van der Waals surface area contributed by atoms with Crippen molar-refractivity contribution in [1.29, 1.82) is 0 Å². The van der Waals surface area contributed by atoms with Gasteiger partial charge >= 0.3 is 0 Å². The van der Waals surface area contributed by atoms with E-state index in [1.165, 1.54) is 12.8 Å². The summed E-state index contributed by atoms with van der Waals surface area (Å²) < 4.78 is 5.25. The molecule has 0 aromatic carbocycles. The number of piperidine rings is 1. The second kappa shape index (κ2) is 5.25. The van der Waals surface area contributed by atoms with Crippen LogP contribution in [0.2, 0.25) is 0 Å². The molecule has 2 heterocycles. The van der Waals surface area contributed by atoms with E-state index in [-0.39, 0.29) is 0 Å². The minimum absolute atomic E-state index is 0.294.